The van der Waals surface area contributed by atoms with Crippen LogP contribution in [0, 0.1) is 0 Å². The van der Waals surface area contributed by atoms with Crippen molar-refractivity contribution in [2.24, 2.45) is 0 Å². The molecule has 4 aromatic rings. The maximum Gasteiger partial charge on any atom is 0.337 e. The summed E-state index contributed by atoms with van der Waals surface area (Å²) in [6.45, 7) is 0. The van der Waals surface area contributed by atoms with E-state index in [4.69, 9.17) is 4.52 Å². The molecule has 4 rings (SSSR count). The summed E-state index contributed by atoms with van der Waals surface area (Å²) < 4.78 is 5.37. The second-order valence-electron chi connectivity index (χ2n) is 6.74. The second-order valence-corrected chi connectivity index (χ2v) is 6.74. The number of carbonyl (C=O) groups is 1. The molecule has 1 aromatic heterocycles. The molecule has 5 nitrogen and oxygen atoms in total. The Hall–Kier alpha value is -3.86. The lowest BCUT2D eigenvalue weighted by Gasteiger charge is -2.10. The Morgan fingerprint density at radius 2 is 1.55 bits per heavy atom. The Kier molecular flexibility index (Phi) is 5.38. The Bertz CT molecular complexity index is 1110. The number of nitrogens with zero attached hydrogens (tertiary/aromatic N) is 1. The fraction of sp³-hybridized carbons (Fsp3) is 0.0833. The lowest BCUT2D eigenvalue weighted by Crippen LogP contribution is -2.04. The van der Waals surface area contributed by atoms with Crippen molar-refractivity contribution in [3.63, 3.8) is 0 Å². The fourth-order valence-corrected chi connectivity index (χ4v) is 3.18. The molecule has 0 unspecified atom stereocenters. The molecule has 0 spiro atoms. The molecule has 2 N–H and O–H groups in total. The molecule has 0 atom stereocenters. The van der Waals surface area contributed by atoms with Crippen LogP contribution in [0.25, 0.3) is 11.3 Å². The van der Waals surface area contributed by atoms with E-state index >= 15 is 0 Å². The Balaban J connectivity index is 1.55. The molecule has 0 saturated carbocycles. The van der Waals surface area contributed by atoms with Gasteiger partial charge in [-0.15, -0.1) is 0 Å². The number of aromatic carboxylic acids is 1. The second kappa shape index (κ2) is 8.44. The van der Waals surface area contributed by atoms with E-state index in [1.807, 2.05) is 60.7 Å². The monoisotopic (exact) mass is 384 g/mol. The summed E-state index contributed by atoms with van der Waals surface area (Å²) in [6.07, 6.45) is 1.69. The third-order valence-corrected chi connectivity index (χ3v) is 4.70. The average Bonchev–Trinajstić information content (AvgIpc) is 3.22. The predicted molar refractivity (Wildman–Crippen MR) is 112 cm³/mol. The number of benzene rings is 3. The first-order valence-corrected chi connectivity index (χ1v) is 9.38. The zero-order valence-corrected chi connectivity index (χ0v) is 15.7. The molecule has 144 valence electrons. The fourth-order valence-electron chi connectivity index (χ4n) is 3.18. The molecular formula is C24H20N2O3. The van der Waals surface area contributed by atoms with Crippen LogP contribution in [0.5, 0.6) is 0 Å². The van der Waals surface area contributed by atoms with Gasteiger partial charge in [0, 0.05) is 11.6 Å². The molecule has 0 fully saturated rings. The van der Waals surface area contributed by atoms with Gasteiger partial charge in [-0.3, -0.25) is 0 Å². The van der Waals surface area contributed by atoms with Gasteiger partial charge in [-0.1, -0.05) is 71.9 Å². The van der Waals surface area contributed by atoms with Crippen LogP contribution in [0.15, 0.2) is 89.5 Å². The Morgan fingerprint density at radius 3 is 2.28 bits per heavy atom. The smallest absolute Gasteiger partial charge is 0.337 e. The first-order chi connectivity index (χ1) is 14.2. The van der Waals surface area contributed by atoms with Gasteiger partial charge in [0.15, 0.2) is 0 Å². The topological polar surface area (TPSA) is 75.4 Å². The van der Waals surface area contributed by atoms with Gasteiger partial charge in [-0.2, -0.15) is 0 Å². The van der Waals surface area contributed by atoms with Crippen LogP contribution < -0.4 is 5.32 Å². The van der Waals surface area contributed by atoms with Crippen LogP contribution in [0.2, 0.25) is 0 Å². The summed E-state index contributed by atoms with van der Waals surface area (Å²) in [4.78, 5) is 11.6. The maximum absolute atomic E-state index is 11.6. The number of rotatable bonds is 7. The molecule has 0 radical (unpaired) electrons. The molecule has 29 heavy (non-hydrogen) atoms. The molecule has 0 bridgehead atoms. The minimum Gasteiger partial charge on any atom is -0.478 e. The minimum absolute atomic E-state index is 0.186. The molecule has 0 saturated heterocycles. The lowest BCUT2D eigenvalue weighted by atomic mass is 10.0. The molecule has 0 aliphatic rings. The third kappa shape index (κ3) is 4.52. The predicted octanol–water partition coefficient (Wildman–Crippen LogP) is 5.57. The van der Waals surface area contributed by atoms with Crippen LogP contribution in [-0.2, 0) is 12.8 Å². The highest BCUT2D eigenvalue weighted by atomic mass is 16.5. The number of anilines is 2. The average molecular weight is 384 g/mol. The Morgan fingerprint density at radius 1 is 0.862 bits per heavy atom. The molecule has 0 amide bonds. The molecule has 0 aliphatic carbocycles. The van der Waals surface area contributed by atoms with Gasteiger partial charge in [0.1, 0.15) is 5.69 Å². The van der Waals surface area contributed by atoms with Crippen molar-refractivity contribution in [1.29, 1.82) is 0 Å². The molecule has 5 heteroatoms. The van der Waals surface area contributed by atoms with Gasteiger partial charge < -0.3 is 14.9 Å². The first-order valence-electron chi connectivity index (χ1n) is 9.38. The molecule has 0 aliphatic heterocycles. The SMILES string of the molecule is O=C(O)c1ccc(CCc2ccccc2)cc1Nc1cc(-c2ccccc2)no1. The van der Waals surface area contributed by atoms with Gasteiger partial charge in [0.05, 0.1) is 11.3 Å². The van der Waals surface area contributed by atoms with Crippen LogP contribution >= 0.6 is 0 Å². The number of carboxylic acids is 1. The summed E-state index contributed by atoms with van der Waals surface area (Å²) in [5.74, 6) is -0.600. The van der Waals surface area contributed by atoms with Gasteiger partial charge in [-0.25, -0.2) is 4.79 Å². The first kappa shape index (κ1) is 18.5. The van der Waals surface area contributed by atoms with Crippen molar-refractivity contribution in [1.82, 2.24) is 5.16 Å². The van der Waals surface area contributed by atoms with E-state index in [0.717, 1.165) is 24.0 Å². The lowest BCUT2D eigenvalue weighted by molar-refractivity contribution is 0.0698. The molecular weight excluding hydrogens is 364 g/mol. The van der Waals surface area contributed by atoms with Crippen LogP contribution in [-0.4, -0.2) is 16.2 Å². The molecule has 1 heterocycles. The summed E-state index contributed by atoms with van der Waals surface area (Å²) >= 11 is 0. The standard InChI is InChI=1S/C24H20N2O3/c27-24(28)20-14-13-18(12-11-17-7-3-1-4-8-17)15-22(20)25-23-16-21(26-29-23)19-9-5-2-6-10-19/h1-10,13-16,25H,11-12H2,(H,27,28). The van der Waals surface area contributed by atoms with E-state index in [-0.39, 0.29) is 5.56 Å². The normalized spacial score (nSPS) is 10.6. The van der Waals surface area contributed by atoms with Crippen molar-refractivity contribution in [3.05, 3.63) is 102 Å². The van der Waals surface area contributed by atoms with Crippen LogP contribution in [0.1, 0.15) is 21.5 Å². The highest BCUT2D eigenvalue weighted by molar-refractivity contribution is 5.95. The number of aromatic nitrogens is 1. The van der Waals surface area contributed by atoms with Crippen molar-refractivity contribution >= 4 is 17.5 Å². The van der Waals surface area contributed by atoms with Crippen molar-refractivity contribution in [3.8, 4) is 11.3 Å². The molecule has 3 aromatic carbocycles. The third-order valence-electron chi connectivity index (χ3n) is 4.70. The van der Waals surface area contributed by atoms with Crippen molar-refractivity contribution in [2.45, 2.75) is 12.8 Å². The van der Waals surface area contributed by atoms with E-state index in [9.17, 15) is 9.90 Å². The van der Waals surface area contributed by atoms with E-state index in [2.05, 4.69) is 22.6 Å². The van der Waals surface area contributed by atoms with E-state index in [1.165, 1.54) is 5.56 Å². The summed E-state index contributed by atoms with van der Waals surface area (Å²) in [5.41, 5.74) is 4.57. The van der Waals surface area contributed by atoms with Crippen molar-refractivity contribution in [2.75, 3.05) is 5.32 Å². The zero-order chi connectivity index (χ0) is 20.1. The van der Waals surface area contributed by atoms with E-state index in [1.54, 1.807) is 12.1 Å². The van der Waals surface area contributed by atoms with Gasteiger partial charge in [0.2, 0.25) is 5.88 Å². The summed E-state index contributed by atoms with van der Waals surface area (Å²) in [5, 5.41) is 16.7. The maximum atomic E-state index is 11.6. The number of hydrogen-bond acceptors (Lipinski definition) is 4. The quantitative estimate of drug-likeness (QED) is 0.436. The minimum atomic E-state index is -0.995. The number of nitrogens with one attached hydrogen (secondary N) is 1. The van der Waals surface area contributed by atoms with E-state index in [0.29, 0.717) is 17.3 Å². The number of hydrogen-bond donors (Lipinski definition) is 2. The van der Waals surface area contributed by atoms with Crippen LogP contribution in [0.4, 0.5) is 11.6 Å². The highest BCUT2D eigenvalue weighted by Crippen LogP contribution is 2.27. The summed E-state index contributed by atoms with van der Waals surface area (Å²) in [6, 6.07) is 27.0. The van der Waals surface area contributed by atoms with Gasteiger partial charge in [0.25, 0.3) is 0 Å². The number of aryl methyl sites for hydroxylation is 2. The Labute approximate surface area is 168 Å². The van der Waals surface area contributed by atoms with Crippen LogP contribution in [0.3, 0.4) is 0 Å². The van der Waals surface area contributed by atoms with Crippen molar-refractivity contribution < 1.29 is 14.4 Å². The largest absolute Gasteiger partial charge is 0.478 e. The number of carboxylic acid groups (broad SMARTS) is 1. The van der Waals surface area contributed by atoms with Gasteiger partial charge >= 0.3 is 5.97 Å². The summed E-state index contributed by atoms with van der Waals surface area (Å²) in [7, 11) is 0. The van der Waals surface area contributed by atoms with Gasteiger partial charge in [-0.05, 0) is 36.1 Å². The highest BCUT2D eigenvalue weighted by Gasteiger charge is 2.14. The zero-order valence-electron chi connectivity index (χ0n) is 15.7. The van der Waals surface area contributed by atoms with E-state index < -0.39 is 5.97 Å².